The van der Waals surface area contributed by atoms with Gasteiger partial charge >= 0.3 is 0 Å². The second-order valence-electron chi connectivity index (χ2n) is 5.21. The number of hydrogen-bond acceptors (Lipinski definition) is 1. The fraction of sp³-hybridized carbons (Fsp3) is 0.312. The Balaban J connectivity index is 3.32. The van der Waals surface area contributed by atoms with Crippen molar-refractivity contribution in [3.63, 3.8) is 0 Å². The van der Waals surface area contributed by atoms with Crippen LogP contribution in [0.25, 0.3) is 0 Å². The zero-order valence-electron chi connectivity index (χ0n) is 11.4. The van der Waals surface area contributed by atoms with Crippen molar-refractivity contribution >= 4 is 11.6 Å². The summed E-state index contributed by atoms with van der Waals surface area (Å²) < 4.78 is 0. The van der Waals surface area contributed by atoms with Crippen LogP contribution in [0.5, 0.6) is 0 Å². The first-order valence-electron chi connectivity index (χ1n) is 6.06. The molecule has 1 amide bonds. The smallest absolute Gasteiger partial charge is 0.250 e. The van der Waals surface area contributed by atoms with Gasteiger partial charge in [0.25, 0.3) is 5.91 Å². The van der Waals surface area contributed by atoms with Crippen LogP contribution in [0.15, 0.2) is 49.6 Å². The third kappa shape index (κ3) is 3.10. The number of carbonyl (C=O) groups is 1. The van der Waals surface area contributed by atoms with Crippen molar-refractivity contribution in [3.8, 4) is 0 Å². The van der Waals surface area contributed by atoms with E-state index in [-0.39, 0.29) is 11.3 Å². The van der Waals surface area contributed by atoms with E-state index < -0.39 is 0 Å². The Bertz CT molecular complexity index is 454. The molecule has 0 aromatic heterocycles. The van der Waals surface area contributed by atoms with Crippen LogP contribution < -0.4 is 4.90 Å². The molecular weight excluding hydrogens is 222 g/mol. The van der Waals surface area contributed by atoms with Gasteiger partial charge in [0, 0.05) is 12.2 Å². The van der Waals surface area contributed by atoms with Crippen LogP contribution in [0.2, 0.25) is 0 Å². The maximum Gasteiger partial charge on any atom is 0.250 e. The highest BCUT2D eigenvalue weighted by Crippen LogP contribution is 2.31. The van der Waals surface area contributed by atoms with E-state index in [0.29, 0.717) is 6.54 Å². The summed E-state index contributed by atoms with van der Waals surface area (Å²) in [6.07, 6.45) is 3.06. The molecule has 0 N–H and O–H groups in total. The summed E-state index contributed by atoms with van der Waals surface area (Å²) in [7, 11) is 0. The minimum absolute atomic E-state index is 0.0164. The molecule has 2 heteroatoms. The molecule has 1 aromatic carbocycles. The Labute approximate surface area is 110 Å². The van der Waals surface area contributed by atoms with E-state index in [9.17, 15) is 4.79 Å². The van der Waals surface area contributed by atoms with E-state index in [1.54, 1.807) is 11.0 Å². The van der Waals surface area contributed by atoms with Gasteiger partial charge in [-0.3, -0.25) is 4.79 Å². The first-order chi connectivity index (χ1) is 8.41. The summed E-state index contributed by atoms with van der Waals surface area (Å²) in [5, 5.41) is 0. The van der Waals surface area contributed by atoms with Crippen molar-refractivity contribution < 1.29 is 4.79 Å². The zero-order chi connectivity index (χ0) is 13.8. The number of rotatable bonds is 4. The predicted octanol–water partition coefficient (Wildman–Crippen LogP) is 3.69. The van der Waals surface area contributed by atoms with Crippen LogP contribution in [0, 0.1) is 0 Å². The molecular formula is C16H21NO. The van der Waals surface area contributed by atoms with Gasteiger partial charge in [0.2, 0.25) is 0 Å². The fourth-order valence-corrected chi connectivity index (χ4v) is 1.89. The van der Waals surface area contributed by atoms with Gasteiger partial charge in [-0.15, -0.1) is 6.58 Å². The molecule has 0 atom stereocenters. The molecule has 0 saturated heterocycles. The van der Waals surface area contributed by atoms with Crippen molar-refractivity contribution in [2.45, 2.75) is 26.2 Å². The lowest BCUT2D eigenvalue weighted by molar-refractivity contribution is -0.114. The van der Waals surface area contributed by atoms with E-state index in [1.165, 1.54) is 6.08 Å². The van der Waals surface area contributed by atoms with Crippen LogP contribution in [0.1, 0.15) is 26.3 Å². The highest BCUT2D eigenvalue weighted by Gasteiger charge is 2.22. The van der Waals surface area contributed by atoms with Gasteiger partial charge in [0.1, 0.15) is 0 Å². The van der Waals surface area contributed by atoms with Gasteiger partial charge in [0.15, 0.2) is 0 Å². The molecule has 0 aliphatic heterocycles. The number of para-hydroxylation sites is 1. The molecule has 1 rings (SSSR count). The van der Waals surface area contributed by atoms with Crippen molar-refractivity contribution in [2.24, 2.45) is 0 Å². The van der Waals surface area contributed by atoms with Crippen molar-refractivity contribution in [1.29, 1.82) is 0 Å². The SMILES string of the molecule is C=CCN(C(=O)C=C)c1ccccc1C(C)(C)C. The number of nitrogens with zero attached hydrogens (tertiary/aromatic N) is 1. The van der Waals surface area contributed by atoms with E-state index in [1.807, 2.05) is 18.2 Å². The van der Waals surface area contributed by atoms with E-state index in [4.69, 9.17) is 0 Å². The quantitative estimate of drug-likeness (QED) is 0.583. The molecule has 1 aromatic rings. The monoisotopic (exact) mass is 243 g/mol. The van der Waals surface area contributed by atoms with Crippen molar-refractivity contribution in [2.75, 3.05) is 11.4 Å². The van der Waals surface area contributed by atoms with Gasteiger partial charge in [-0.2, -0.15) is 0 Å². The normalized spacial score (nSPS) is 10.8. The van der Waals surface area contributed by atoms with E-state index >= 15 is 0 Å². The molecule has 0 radical (unpaired) electrons. The van der Waals surface area contributed by atoms with Crippen LogP contribution in [-0.4, -0.2) is 12.5 Å². The molecule has 0 aliphatic rings. The first kappa shape index (κ1) is 14.2. The summed E-state index contributed by atoms with van der Waals surface area (Å²) >= 11 is 0. The Morgan fingerprint density at radius 2 is 1.89 bits per heavy atom. The average molecular weight is 243 g/mol. The standard InChI is InChI=1S/C16H21NO/c1-6-12-17(15(18)7-2)14-11-9-8-10-13(14)16(3,4)5/h6-11H,1-2,12H2,3-5H3. The lowest BCUT2D eigenvalue weighted by Crippen LogP contribution is -2.31. The van der Waals surface area contributed by atoms with Crippen LogP contribution in [0.3, 0.4) is 0 Å². The summed E-state index contributed by atoms with van der Waals surface area (Å²) in [6, 6.07) is 7.96. The molecule has 0 unspecified atom stereocenters. The van der Waals surface area contributed by atoms with Gasteiger partial charge in [-0.1, -0.05) is 51.6 Å². The predicted molar refractivity (Wildman–Crippen MR) is 77.9 cm³/mol. The second kappa shape index (κ2) is 5.67. The Morgan fingerprint density at radius 3 is 2.39 bits per heavy atom. The van der Waals surface area contributed by atoms with Crippen LogP contribution in [0.4, 0.5) is 5.69 Å². The maximum atomic E-state index is 11.9. The van der Waals surface area contributed by atoms with Gasteiger partial charge in [-0.25, -0.2) is 0 Å². The van der Waals surface area contributed by atoms with Crippen molar-refractivity contribution in [1.82, 2.24) is 0 Å². The summed E-state index contributed by atoms with van der Waals surface area (Å²) in [4.78, 5) is 13.6. The minimum atomic E-state index is -0.105. The Hall–Kier alpha value is -1.83. The molecule has 18 heavy (non-hydrogen) atoms. The highest BCUT2D eigenvalue weighted by molar-refractivity contribution is 6.01. The largest absolute Gasteiger partial charge is 0.305 e. The number of benzene rings is 1. The summed E-state index contributed by atoms with van der Waals surface area (Å²) in [5.41, 5.74) is 2.05. The third-order valence-corrected chi connectivity index (χ3v) is 2.76. The zero-order valence-corrected chi connectivity index (χ0v) is 11.4. The lowest BCUT2D eigenvalue weighted by Gasteiger charge is -2.28. The first-order valence-corrected chi connectivity index (χ1v) is 6.06. The molecule has 96 valence electrons. The fourth-order valence-electron chi connectivity index (χ4n) is 1.89. The molecule has 0 bridgehead atoms. The minimum Gasteiger partial charge on any atom is -0.305 e. The van der Waals surface area contributed by atoms with Crippen LogP contribution in [-0.2, 0) is 10.2 Å². The lowest BCUT2D eigenvalue weighted by atomic mass is 9.85. The Morgan fingerprint density at radius 1 is 1.28 bits per heavy atom. The number of anilines is 1. The van der Waals surface area contributed by atoms with Gasteiger partial charge < -0.3 is 4.90 Å². The number of hydrogen-bond donors (Lipinski definition) is 0. The summed E-state index contributed by atoms with van der Waals surface area (Å²) in [6.45, 7) is 14.2. The van der Waals surface area contributed by atoms with Gasteiger partial charge in [-0.05, 0) is 23.1 Å². The van der Waals surface area contributed by atoms with Crippen molar-refractivity contribution in [3.05, 3.63) is 55.1 Å². The van der Waals surface area contributed by atoms with Gasteiger partial charge in [0.05, 0.1) is 0 Å². The second-order valence-corrected chi connectivity index (χ2v) is 5.21. The maximum absolute atomic E-state index is 11.9. The molecule has 2 nitrogen and oxygen atoms in total. The molecule has 0 spiro atoms. The topological polar surface area (TPSA) is 20.3 Å². The molecule has 0 saturated carbocycles. The van der Waals surface area contributed by atoms with E-state index in [2.05, 4.69) is 40.0 Å². The Kier molecular flexibility index (Phi) is 4.49. The molecule has 0 heterocycles. The summed E-state index contributed by atoms with van der Waals surface area (Å²) in [5.74, 6) is -0.105. The molecule has 0 aliphatic carbocycles. The number of amides is 1. The third-order valence-electron chi connectivity index (χ3n) is 2.76. The van der Waals surface area contributed by atoms with E-state index in [0.717, 1.165) is 11.3 Å². The van der Waals surface area contributed by atoms with Crippen LogP contribution >= 0.6 is 0 Å². The number of carbonyl (C=O) groups excluding carboxylic acids is 1. The molecule has 0 fully saturated rings. The highest BCUT2D eigenvalue weighted by atomic mass is 16.2. The average Bonchev–Trinajstić information content (AvgIpc) is 2.34.